The normalized spacial score (nSPS) is 10.3. The third-order valence-electron chi connectivity index (χ3n) is 3.41. The molecule has 0 atom stereocenters. The van der Waals surface area contributed by atoms with Crippen LogP contribution in [0.5, 0.6) is 23.0 Å². The van der Waals surface area contributed by atoms with Gasteiger partial charge in [-0.2, -0.15) is 0 Å². The second-order valence-corrected chi connectivity index (χ2v) is 5.58. The predicted molar refractivity (Wildman–Crippen MR) is 89.9 cm³/mol. The molecule has 0 aliphatic rings. The number of aromatic hydroxyl groups is 1. The van der Waals surface area contributed by atoms with Gasteiger partial charge in [0.1, 0.15) is 23.0 Å². The van der Waals surface area contributed by atoms with Crippen LogP contribution in [0.2, 0.25) is 0 Å². The van der Waals surface area contributed by atoms with E-state index in [0.29, 0.717) is 32.8 Å². The highest BCUT2D eigenvalue weighted by Crippen LogP contribution is 2.34. The van der Waals surface area contributed by atoms with Crippen LogP contribution in [-0.4, -0.2) is 32.2 Å². The monoisotopic (exact) mass is 380 g/mol. The smallest absolute Gasteiger partial charge is 0.168 e. The van der Waals surface area contributed by atoms with Crippen molar-refractivity contribution in [2.24, 2.45) is 0 Å². The molecule has 0 spiro atoms. The number of methoxy groups -OCH3 is 3. The van der Waals surface area contributed by atoms with Gasteiger partial charge in [0, 0.05) is 29.7 Å². The van der Waals surface area contributed by atoms with E-state index in [4.69, 9.17) is 14.2 Å². The Morgan fingerprint density at radius 3 is 2.30 bits per heavy atom. The minimum Gasteiger partial charge on any atom is -0.508 e. The summed E-state index contributed by atoms with van der Waals surface area (Å²) in [7, 11) is 4.55. The van der Waals surface area contributed by atoms with Gasteiger partial charge >= 0.3 is 0 Å². The van der Waals surface area contributed by atoms with Gasteiger partial charge in [-0.25, -0.2) is 0 Å². The first-order valence-corrected chi connectivity index (χ1v) is 7.60. The number of carbonyl (C=O) groups is 1. The minimum absolute atomic E-state index is 0.0173. The highest BCUT2D eigenvalue weighted by atomic mass is 79.9. The molecule has 0 heterocycles. The molecular weight excluding hydrogens is 364 g/mol. The van der Waals surface area contributed by atoms with Crippen LogP contribution in [0.3, 0.4) is 0 Å². The van der Waals surface area contributed by atoms with Crippen LogP contribution < -0.4 is 14.2 Å². The number of carbonyl (C=O) groups excluding carboxylic acids is 1. The Labute approximate surface area is 142 Å². The molecule has 122 valence electrons. The summed E-state index contributed by atoms with van der Waals surface area (Å²) in [4.78, 5) is 12.6. The van der Waals surface area contributed by atoms with Crippen LogP contribution in [-0.2, 0) is 6.42 Å². The molecule has 0 saturated carbocycles. The van der Waals surface area contributed by atoms with Gasteiger partial charge in [0.25, 0.3) is 0 Å². The van der Waals surface area contributed by atoms with Gasteiger partial charge in [-0.3, -0.25) is 4.79 Å². The maximum atomic E-state index is 12.6. The molecule has 1 N–H and O–H groups in total. The molecule has 0 saturated heterocycles. The number of phenols is 1. The maximum absolute atomic E-state index is 12.6. The molecule has 0 amide bonds. The zero-order valence-electron chi connectivity index (χ0n) is 13.1. The van der Waals surface area contributed by atoms with Crippen molar-refractivity contribution in [3.05, 3.63) is 45.9 Å². The summed E-state index contributed by atoms with van der Waals surface area (Å²) in [5.41, 5.74) is 0.945. The van der Waals surface area contributed by atoms with Crippen molar-refractivity contribution in [2.75, 3.05) is 21.3 Å². The Hall–Kier alpha value is -2.21. The lowest BCUT2D eigenvalue weighted by Gasteiger charge is -2.12. The van der Waals surface area contributed by atoms with Crippen molar-refractivity contribution in [3.8, 4) is 23.0 Å². The fourth-order valence-electron chi connectivity index (χ4n) is 2.13. The van der Waals surface area contributed by atoms with E-state index in [0.717, 1.165) is 0 Å². The van der Waals surface area contributed by atoms with Gasteiger partial charge in [0.2, 0.25) is 0 Å². The van der Waals surface area contributed by atoms with E-state index in [-0.39, 0.29) is 18.0 Å². The van der Waals surface area contributed by atoms with E-state index >= 15 is 0 Å². The Balaban J connectivity index is 2.34. The highest BCUT2D eigenvalue weighted by Gasteiger charge is 2.18. The van der Waals surface area contributed by atoms with E-state index in [9.17, 15) is 9.90 Å². The first-order valence-electron chi connectivity index (χ1n) is 6.80. The van der Waals surface area contributed by atoms with Crippen LogP contribution in [0.15, 0.2) is 34.8 Å². The minimum atomic E-state index is -0.172. The number of ketones is 1. The highest BCUT2D eigenvalue weighted by molar-refractivity contribution is 9.10. The summed E-state index contributed by atoms with van der Waals surface area (Å²) in [6.45, 7) is 0. The van der Waals surface area contributed by atoms with E-state index < -0.39 is 0 Å². The quantitative estimate of drug-likeness (QED) is 0.775. The molecule has 0 unspecified atom stereocenters. The molecule has 0 radical (unpaired) electrons. The molecular formula is C17H17BrO5. The molecule has 2 rings (SSSR count). The van der Waals surface area contributed by atoms with Gasteiger partial charge in [-0.05, 0) is 28.1 Å². The van der Waals surface area contributed by atoms with E-state index in [1.54, 1.807) is 24.3 Å². The third kappa shape index (κ3) is 3.76. The summed E-state index contributed by atoms with van der Waals surface area (Å²) >= 11 is 3.38. The van der Waals surface area contributed by atoms with Crippen molar-refractivity contribution in [1.82, 2.24) is 0 Å². The molecule has 6 heteroatoms. The number of hydrogen-bond donors (Lipinski definition) is 1. The first-order chi connectivity index (χ1) is 11.0. The van der Waals surface area contributed by atoms with Crippen LogP contribution >= 0.6 is 15.9 Å². The number of hydrogen-bond acceptors (Lipinski definition) is 5. The third-order valence-corrected chi connectivity index (χ3v) is 4.23. The summed E-state index contributed by atoms with van der Waals surface area (Å²) < 4.78 is 16.0. The Morgan fingerprint density at radius 1 is 1.04 bits per heavy atom. The Kier molecular flexibility index (Phi) is 5.50. The summed E-state index contributed by atoms with van der Waals surface area (Å²) in [5, 5.41) is 10.00. The average molecular weight is 381 g/mol. The number of rotatable bonds is 6. The topological polar surface area (TPSA) is 65.0 Å². The molecule has 0 aliphatic carbocycles. The van der Waals surface area contributed by atoms with Crippen LogP contribution in [0.25, 0.3) is 0 Å². The maximum Gasteiger partial charge on any atom is 0.168 e. The predicted octanol–water partition coefficient (Wildman–Crippen LogP) is 3.61. The molecule has 0 bridgehead atoms. The number of halogens is 1. The second kappa shape index (κ2) is 7.37. The van der Waals surface area contributed by atoms with Crippen molar-refractivity contribution < 1.29 is 24.1 Å². The lowest BCUT2D eigenvalue weighted by atomic mass is 10.0. The van der Waals surface area contributed by atoms with Gasteiger partial charge in [0.05, 0.1) is 25.8 Å². The van der Waals surface area contributed by atoms with Crippen molar-refractivity contribution in [2.45, 2.75) is 6.42 Å². The van der Waals surface area contributed by atoms with Crippen molar-refractivity contribution in [3.63, 3.8) is 0 Å². The van der Waals surface area contributed by atoms with Crippen LogP contribution in [0.4, 0.5) is 0 Å². The molecule has 23 heavy (non-hydrogen) atoms. The number of ether oxygens (including phenoxy) is 3. The zero-order valence-corrected chi connectivity index (χ0v) is 14.6. The van der Waals surface area contributed by atoms with Gasteiger partial charge in [-0.1, -0.05) is 6.07 Å². The van der Waals surface area contributed by atoms with E-state index in [2.05, 4.69) is 15.9 Å². The number of phenolic OH excluding ortho intramolecular Hbond substituents is 1. The van der Waals surface area contributed by atoms with Crippen molar-refractivity contribution in [1.29, 1.82) is 0 Å². The van der Waals surface area contributed by atoms with Gasteiger partial charge < -0.3 is 19.3 Å². The van der Waals surface area contributed by atoms with E-state index in [1.807, 2.05) is 0 Å². The molecule has 0 aliphatic heterocycles. The molecule has 0 aromatic heterocycles. The fraction of sp³-hybridized carbons (Fsp3) is 0.235. The SMILES string of the molecule is COc1ccc(CC(=O)c2cc(OC)cc(OC)c2Br)c(O)c1. The standard InChI is InChI=1S/C17H17BrO5/c1-21-11-5-4-10(14(19)8-11)6-15(20)13-7-12(22-2)9-16(23-3)17(13)18/h4-5,7-9,19H,6H2,1-3H3. The fourth-order valence-corrected chi connectivity index (χ4v) is 2.74. The summed E-state index contributed by atoms with van der Waals surface area (Å²) in [6, 6.07) is 8.16. The molecule has 2 aromatic carbocycles. The van der Waals surface area contributed by atoms with Crippen LogP contribution in [0.1, 0.15) is 15.9 Å². The molecule has 2 aromatic rings. The lowest BCUT2D eigenvalue weighted by Crippen LogP contribution is -2.06. The Bertz CT molecular complexity index is 727. The molecule has 5 nitrogen and oxygen atoms in total. The zero-order chi connectivity index (χ0) is 17.0. The van der Waals surface area contributed by atoms with Gasteiger partial charge in [0.15, 0.2) is 5.78 Å². The lowest BCUT2D eigenvalue weighted by molar-refractivity contribution is 0.0990. The number of benzene rings is 2. The average Bonchev–Trinajstić information content (AvgIpc) is 2.56. The Morgan fingerprint density at radius 2 is 1.74 bits per heavy atom. The largest absolute Gasteiger partial charge is 0.508 e. The summed E-state index contributed by atoms with van der Waals surface area (Å²) in [6.07, 6.45) is 0.0464. The van der Waals surface area contributed by atoms with Crippen molar-refractivity contribution >= 4 is 21.7 Å². The number of Topliss-reactive ketones (excluding diaryl/α,β-unsaturated/α-hetero) is 1. The van der Waals surface area contributed by atoms with Crippen LogP contribution in [0, 0.1) is 0 Å². The van der Waals surface area contributed by atoms with Gasteiger partial charge in [-0.15, -0.1) is 0 Å². The second-order valence-electron chi connectivity index (χ2n) is 4.79. The molecule has 0 fully saturated rings. The van der Waals surface area contributed by atoms with E-state index in [1.165, 1.54) is 27.4 Å². The summed E-state index contributed by atoms with van der Waals surface area (Å²) in [5.74, 6) is 1.40. The first kappa shape index (κ1) is 17.1.